The highest BCUT2D eigenvalue weighted by Gasteiger charge is 2.13. The summed E-state index contributed by atoms with van der Waals surface area (Å²) < 4.78 is 13.9. The number of nitrogens with zero attached hydrogens (tertiary/aromatic N) is 2. The molecule has 4 nitrogen and oxygen atoms in total. The van der Waals surface area contributed by atoms with Crippen LogP contribution in [0.4, 0.5) is 10.1 Å². The van der Waals surface area contributed by atoms with E-state index in [-0.39, 0.29) is 17.5 Å². The van der Waals surface area contributed by atoms with E-state index in [1.165, 1.54) is 29.5 Å². The minimum atomic E-state index is -0.361. The van der Waals surface area contributed by atoms with Gasteiger partial charge in [-0.15, -0.1) is 0 Å². The van der Waals surface area contributed by atoms with Crippen molar-refractivity contribution < 1.29 is 9.18 Å². The van der Waals surface area contributed by atoms with Crippen LogP contribution in [0.2, 0.25) is 0 Å². The maximum absolute atomic E-state index is 13.9. The molecule has 4 aromatic rings. The fraction of sp³-hybridized carbons (Fsp3) is 0.125. The molecule has 150 valence electrons. The molecule has 0 fully saturated rings. The molecule has 0 aliphatic heterocycles. The molecule has 4 rings (SSSR count). The molecule has 1 amide bonds. The van der Waals surface area contributed by atoms with Crippen LogP contribution >= 0.6 is 11.8 Å². The van der Waals surface area contributed by atoms with Crippen LogP contribution in [0.3, 0.4) is 0 Å². The van der Waals surface area contributed by atoms with Gasteiger partial charge in [0, 0.05) is 16.6 Å². The van der Waals surface area contributed by atoms with Gasteiger partial charge in [0.1, 0.15) is 10.8 Å². The lowest BCUT2D eigenvalue weighted by molar-refractivity contribution is -0.113. The summed E-state index contributed by atoms with van der Waals surface area (Å²) >= 11 is 1.27. The van der Waals surface area contributed by atoms with Crippen LogP contribution in [0.1, 0.15) is 11.1 Å². The number of aryl methyl sites for hydroxylation is 2. The molecule has 30 heavy (non-hydrogen) atoms. The highest BCUT2D eigenvalue weighted by atomic mass is 32.2. The van der Waals surface area contributed by atoms with E-state index in [9.17, 15) is 9.18 Å². The van der Waals surface area contributed by atoms with Gasteiger partial charge in [0.15, 0.2) is 5.82 Å². The van der Waals surface area contributed by atoms with E-state index in [0.717, 1.165) is 16.8 Å². The first kappa shape index (κ1) is 20.0. The van der Waals surface area contributed by atoms with Crippen molar-refractivity contribution in [2.45, 2.75) is 18.9 Å². The molecule has 1 aromatic heterocycles. The lowest BCUT2D eigenvalue weighted by Crippen LogP contribution is -2.14. The lowest BCUT2D eigenvalue weighted by atomic mass is 10.1. The Kier molecular flexibility index (Phi) is 5.77. The molecule has 0 atom stereocenters. The summed E-state index contributed by atoms with van der Waals surface area (Å²) in [6.07, 6.45) is 0. The Morgan fingerprint density at radius 3 is 2.53 bits per heavy atom. The van der Waals surface area contributed by atoms with Crippen molar-refractivity contribution in [3.63, 3.8) is 0 Å². The van der Waals surface area contributed by atoms with Gasteiger partial charge in [-0.05, 0) is 55.3 Å². The number of thioether (sulfide) groups is 1. The molecular formula is C24H20FN3OS. The number of halogens is 1. The van der Waals surface area contributed by atoms with Crippen LogP contribution < -0.4 is 5.32 Å². The topological polar surface area (TPSA) is 54.9 Å². The first-order valence-electron chi connectivity index (χ1n) is 9.52. The smallest absolute Gasteiger partial charge is 0.234 e. The second-order valence-corrected chi connectivity index (χ2v) is 7.98. The minimum absolute atomic E-state index is 0.146. The van der Waals surface area contributed by atoms with Gasteiger partial charge in [0.05, 0.1) is 11.3 Å². The fourth-order valence-corrected chi connectivity index (χ4v) is 3.86. The van der Waals surface area contributed by atoms with Crippen LogP contribution in [-0.2, 0) is 4.79 Å². The first-order valence-corrected chi connectivity index (χ1v) is 10.5. The lowest BCUT2D eigenvalue weighted by Gasteiger charge is -2.10. The average Bonchev–Trinajstić information content (AvgIpc) is 2.75. The van der Waals surface area contributed by atoms with Gasteiger partial charge in [-0.25, -0.2) is 14.4 Å². The molecule has 0 saturated carbocycles. The highest BCUT2D eigenvalue weighted by Crippen LogP contribution is 2.29. The molecule has 6 heteroatoms. The molecule has 0 saturated heterocycles. The standard InChI is InChI=1S/C24H20FN3OS/c1-15-8-10-19(12-16(15)2)26-22(29)14-30-24-20-13-18(25)9-11-21(20)27-23(28-24)17-6-4-3-5-7-17/h3-13H,14H2,1-2H3,(H,26,29). The molecule has 0 aliphatic carbocycles. The molecule has 1 N–H and O–H groups in total. The Bertz CT molecular complexity index is 1230. The van der Waals surface area contributed by atoms with Crippen molar-refractivity contribution in [3.05, 3.63) is 83.7 Å². The predicted octanol–water partition coefficient (Wildman–Crippen LogP) is 5.78. The monoisotopic (exact) mass is 417 g/mol. The SMILES string of the molecule is Cc1ccc(NC(=O)CSc2nc(-c3ccccc3)nc3ccc(F)cc23)cc1C. The number of hydrogen-bond acceptors (Lipinski definition) is 4. The summed E-state index contributed by atoms with van der Waals surface area (Å²) in [5, 5.41) is 4.08. The van der Waals surface area contributed by atoms with Crippen molar-refractivity contribution >= 4 is 34.3 Å². The zero-order valence-electron chi connectivity index (χ0n) is 16.6. The minimum Gasteiger partial charge on any atom is -0.325 e. The summed E-state index contributed by atoms with van der Waals surface area (Å²) in [4.78, 5) is 21.7. The molecule has 0 aliphatic rings. The summed E-state index contributed by atoms with van der Waals surface area (Å²) in [6.45, 7) is 4.03. The van der Waals surface area contributed by atoms with Crippen LogP contribution in [0.15, 0.2) is 71.8 Å². The van der Waals surface area contributed by atoms with Crippen molar-refractivity contribution in [1.82, 2.24) is 9.97 Å². The van der Waals surface area contributed by atoms with Crippen LogP contribution in [-0.4, -0.2) is 21.6 Å². The molecular weight excluding hydrogens is 397 g/mol. The molecule has 0 bridgehead atoms. The van der Waals surface area contributed by atoms with Crippen LogP contribution in [0.25, 0.3) is 22.3 Å². The second-order valence-electron chi connectivity index (χ2n) is 7.02. The number of anilines is 1. The van der Waals surface area contributed by atoms with E-state index in [4.69, 9.17) is 0 Å². The quantitative estimate of drug-likeness (QED) is 0.330. The highest BCUT2D eigenvalue weighted by molar-refractivity contribution is 8.00. The summed E-state index contributed by atoms with van der Waals surface area (Å²) in [6, 6.07) is 19.8. The number of carbonyl (C=O) groups is 1. The number of fused-ring (bicyclic) bond motifs is 1. The Labute approximate surface area is 178 Å². The normalized spacial score (nSPS) is 10.9. The van der Waals surface area contributed by atoms with E-state index >= 15 is 0 Å². The van der Waals surface area contributed by atoms with Gasteiger partial charge in [0.2, 0.25) is 5.91 Å². The first-order chi connectivity index (χ1) is 14.5. The molecule has 0 spiro atoms. The van der Waals surface area contributed by atoms with Gasteiger partial charge in [-0.2, -0.15) is 0 Å². The number of hydrogen-bond donors (Lipinski definition) is 1. The van der Waals surface area contributed by atoms with Gasteiger partial charge < -0.3 is 5.32 Å². The Hall–Kier alpha value is -3.25. The van der Waals surface area contributed by atoms with E-state index in [2.05, 4.69) is 15.3 Å². The van der Waals surface area contributed by atoms with Crippen LogP contribution in [0, 0.1) is 19.7 Å². The molecule has 3 aromatic carbocycles. The molecule has 0 radical (unpaired) electrons. The van der Waals surface area contributed by atoms with E-state index in [0.29, 0.717) is 21.8 Å². The summed E-state index contributed by atoms with van der Waals surface area (Å²) in [5.41, 5.74) is 4.55. The number of aromatic nitrogens is 2. The predicted molar refractivity (Wildman–Crippen MR) is 120 cm³/mol. The fourth-order valence-electron chi connectivity index (χ4n) is 3.05. The van der Waals surface area contributed by atoms with Crippen LogP contribution in [0.5, 0.6) is 0 Å². The zero-order valence-corrected chi connectivity index (χ0v) is 17.5. The number of amides is 1. The molecule has 0 unspecified atom stereocenters. The van der Waals surface area contributed by atoms with Gasteiger partial charge >= 0.3 is 0 Å². The second kappa shape index (κ2) is 8.63. The van der Waals surface area contributed by atoms with Gasteiger partial charge in [0.25, 0.3) is 0 Å². The van der Waals surface area contributed by atoms with Crippen molar-refractivity contribution in [3.8, 4) is 11.4 Å². The van der Waals surface area contributed by atoms with E-state index in [1.54, 1.807) is 6.07 Å². The summed E-state index contributed by atoms with van der Waals surface area (Å²) in [5.74, 6) is 0.198. The Morgan fingerprint density at radius 1 is 0.967 bits per heavy atom. The maximum Gasteiger partial charge on any atom is 0.234 e. The molecule has 1 heterocycles. The van der Waals surface area contributed by atoms with E-state index < -0.39 is 0 Å². The third kappa shape index (κ3) is 4.49. The Morgan fingerprint density at radius 2 is 1.77 bits per heavy atom. The Balaban J connectivity index is 1.59. The third-order valence-electron chi connectivity index (χ3n) is 4.79. The maximum atomic E-state index is 13.9. The van der Waals surface area contributed by atoms with Crippen molar-refractivity contribution in [1.29, 1.82) is 0 Å². The van der Waals surface area contributed by atoms with Gasteiger partial charge in [-0.1, -0.05) is 48.2 Å². The summed E-state index contributed by atoms with van der Waals surface area (Å²) in [7, 11) is 0. The number of nitrogens with one attached hydrogen (secondary N) is 1. The van der Waals surface area contributed by atoms with Crippen molar-refractivity contribution in [2.75, 3.05) is 11.1 Å². The number of carbonyl (C=O) groups excluding carboxylic acids is 1. The zero-order chi connectivity index (χ0) is 21.1. The third-order valence-corrected chi connectivity index (χ3v) is 5.78. The number of benzene rings is 3. The van der Waals surface area contributed by atoms with Gasteiger partial charge in [-0.3, -0.25) is 4.79 Å². The van der Waals surface area contributed by atoms with E-state index in [1.807, 2.05) is 62.4 Å². The average molecular weight is 418 g/mol. The van der Waals surface area contributed by atoms with Crippen molar-refractivity contribution in [2.24, 2.45) is 0 Å². The largest absolute Gasteiger partial charge is 0.325 e. The number of rotatable bonds is 5.